The summed E-state index contributed by atoms with van der Waals surface area (Å²) >= 11 is 0. The van der Waals surface area contributed by atoms with Crippen LogP contribution in [0.15, 0.2) is 0 Å². The van der Waals surface area contributed by atoms with Crippen molar-refractivity contribution in [2.45, 2.75) is 32.2 Å². The van der Waals surface area contributed by atoms with Crippen molar-refractivity contribution >= 4 is 10.2 Å². The lowest BCUT2D eigenvalue weighted by molar-refractivity contribution is -0.0110. The van der Waals surface area contributed by atoms with Gasteiger partial charge in [-0.3, -0.25) is 0 Å². The third kappa shape index (κ3) is 3.33. The molecule has 2 heterocycles. The molecule has 0 saturated carbocycles. The highest BCUT2D eigenvalue weighted by atomic mass is 32.2. The molecule has 0 amide bonds. The summed E-state index contributed by atoms with van der Waals surface area (Å²) in [5.41, 5.74) is -0.459. The lowest BCUT2D eigenvalue weighted by atomic mass is 9.98. The topological polar surface area (TPSA) is 61.9 Å². The lowest BCUT2D eigenvalue weighted by Gasteiger charge is -2.44. The molecule has 2 rings (SSSR count). The van der Waals surface area contributed by atoms with Crippen LogP contribution in [-0.4, -0.2) is 69.0 Å². The SMILES string of the molecule is CNCC1CCN(S(=O)(=O)N2CCOCC2(C)C)CC1. The highest BCUT2D eigenvalue weighted by Gasteiger charge is 2.42. The highest BCUT2D eigenvalue weighted by Crippen LogP contribution is 2.27. The predicted octanol–water partition coefficient (Wildman–Crippen LogP) is 0.273. The van der Waals surface area contributed by atoms with Crippen molar-refractivity contribution in [3.05, 3.63) is 0 Å². The van der Waals surface area contributed by atoms with E-state index in [4.69, 9.17) is 4.74 Å². The Labute approximate surface area is 122 Å². The number of morpholine rings is 1. The van der Waals surface area contributed by atoms with Crippen LogP contribution in [0.3, 0.4) is 0 Å². The van der Waals surface area contributed by atoms with Gasteiger partial charge in [0.2, 0.25) is 0 Å². The minimum absolute atomic E-state index is 0.450. The summed E-state index contributed by atoms with van der Waals surface area (Å²) in [4.78, 5) is 0. The molecule has 0 unspecified atom stereocenters. The first-order valence-electron chi connectivity index (χ1n) is 7.38. The van der Waals surface area contributed by atoms with Gasteiger partial charge in [0.15, 0.2) is 0 Å². The van der Waals surface area contributed by atoms with E-state index in [1.54, 1.807) is 8.61 Å². The van der Waals surface area contributed by atoms with E-state index in [2.05, 4.69) is 5.32 Å². The summed E-state index contributed by atoms with van der Waals surface area (Å²) in [6, 6.07) is 0. The van der Waals surface area contributed by atoms with Crippen molar-refractivity contribution in [2.24, 2.45) is 5.92 Å². The van der Waals surface area contributed by atoms with Gasteiger partial charge in [-0.05, 0) is 46.2 Å². The first-order chi connectivity index (χ1) is 9.38. The van der Waals surface area contributed by atoms with Crippen molar-refractivity contribution in [3.63, 3.8) is 0 Å². The third-order valence-corrected chi connectivity index (χ3v) is 6.49. The third-order valence-electron chi connectivity index (χ3n) is 4.24. The Morgan fingerprint density at radius 2 is 1.90 bits per heavy atom. The molecule has 2 fully saturated rings. The molecular weight excluding hydrogens is 278 g/mol. The molecule has 6 nitrogen and oxygen atoms in total. The van der Waals surface area contributed by atoms with Gasteiger partial charge in [0.05, 0.1) is 18.8 Å². The standard InChI is InChI=1S/C13H27N3O3S/c1-13(2)11-19-9-8-16(13)20(17,18)15-6-4-12(5-7-15)10-14-3/h12,14H,4-11H2,1-3H3. The van der Waals surface area contributed by atoms with Gasteiger partial charge in [-0.2, -0.15) is 17.0 Å². The average Bonchev–Trinajstić information content (AvgIpc) is 2.39. The zero-order chi connectivity index (χ0) is 14.8. The number of ether oxygens (including phenoxy) is 1. The summed E-state index contributed by atoms with van der Waals surface area (Å²) in [5.74, 6) is 0.587. The minimum Gasteiger partial charge on any atom is -0.378 e. The van der Waals surface area contributed by atoms with Gasteiger partial charge in [-0.15, -0.1) is 0 Å². The first kappa shape index (κ1) is 16.2. The van der Waals surface area contributed by atoms with Gasteiger partial charge in [-0.1, -0.05) is 0 Å². The quantitative estimate of drug-likeness (QED) is 0.810. The number of nitrogens with zero attached hydrogens (tertiary/aromatic N) is 2. The van der Waals surface area contributed by atoms with E-state index in [0.29, 0.717) is 38.8 Å². The molecule has 0 aromatic rings. The summed E-state index contributed by atoms with van der Waals surface area (Å²) < 4.78 is 34.3. The summed E-state index contributed by atoms with van der Waals surface area (Å²) in [5, 5.41) is 3.17. The fraction of sp³-hybridized carbons (Fsp3) is 1.00. The first-order valence-corrected chi connectivity index (χ1v) is 8.78. The van der Waals surface area contributed by atoms with Crippen molar-refractivity contribution < 1.29 is 13.2 Å². The number of hydrogen-bond acceptors (Lipinski definition) is 4. The Kier molecular flexibility index (Phi) is 5.07. The number of rotatable bonds is 4. The summed E-state index contributed by atoms with van der Waals surface area (Å²) in [6.07, 6.45) is 1.87. The van der Waals surface area contributed by atoms with E-state index in [0.717, 1.165) is 19.4 Å². The van der Waals surface area contributed by atoms with Crippen LogP contribution in [-0.2, 0) is 14.9 Å². The molecule has 0 aromatic heterocycles. The highest BCUT2D eigenvalue weighted by molar-refractivity contribution is 7.86. The number of piperidine rings is 1. The number of nitrogens with one attached hydrogen (secondary N) is 1. The zero-order valence-corrected chi connectivity index (χ0v) is 13.6. The van der Waals surface area contributed by atoms with Gasteiger partial charge >= 0.3 is 0 Å². The Bertz CT molecular complexity index is 417. The molecule has 2 saturated heterocycles. The smallest absolute Gasteiger partial charge is 0.282 e. The van der Waals surface area contributed by atoms with E-state index in [-0.39, 0.29) is 0 Å². The van der Waals surface area contributed by atoms with Crippen LogP contribution in [0.1, 0.15) is 26.7 Å². The van der Waals surface area contributed by atoms with Crippen LogP contribution >= 0.6 is 0 Å². The second kappa shape index (κ2) is 6.27. The molecule has 1 N–H and O–H groups in total. The molecule has 118 valence electrons. The molecule has 20 heavy (non-hydrogen) atoms. The Balaban J connectivity index is 2.04. The second-order valence-corrected chi connectivity index (χ2v) is 8.20. The number of hydrogen-bond donors (Lipinski definition) is 1. The second-order valence-electron chi connectivity index (χ2n) is 6.35. The van der Waals surface area contributed by atoms with Gasteiger partial charge in [-0.25, -0.2) is 0 Å². The van der Waals surface area contributed by atoms with Crippen LogP contribution in [0.4, 0.5) is 0 Å². The predicted molar refractivity (Wildman–Crippen MR) is 78.7 cm³/mol. The molecule has 0 bridgehead atoms. The normalized spacial score (nSPS) is 26.8. The maximum atomic E-state index is 12.8. The van der Waals surface area contributed by atoms with Crippen LogP contribution in [0.5, 0.6) is 0 Å². The van der Waals surface area contributed by atoms with Crippen LogP contribution < -0.4 is 5.32 Å². The Hall–Kier alpha value is -0.210. The van der Waals surface area contributed by atoms with E-state index in [1.165, 1.54) is 0 Å². The van der Waals surface area contributed by atoms with Gasteiger partial charge in [0, 0.05) is 19.6 Å². The largest absolute Gasteiger partial charge is 0.378 e. The fourth-order valence-electron chi connectivity index (χ4n) is 3.04. The fourth-order valence-corrected chi connectivity index (χ4v) is 4.98. The molecule has 7 heteroatoms. The van der Waals surface area contributed by atoms with Crippen molar-refractivity contribution in [1.82, 2.24) is 13.9 Å². The van der Waals surface area contributed by atoms with Crippen molar-refractivity contribution in [3.8, 4) is 0 Å². The van der Waals surface area contributed by atoms with E-state index >= 15 is 0 Å². The maximum absolute atomic E-state index is 12.8. The Morgan fingerprint density at radius 1 is 1.25 bits per heavy atom. The van der Waals surface area contributed by atoms with Crippen LogP contribution in [0.2, 0.25) is 0 Å². The molecule has 0 aliphatic carbocycles. The minimum atomic E-state index is -3.36. The average molecular weight is 305 g/mol. The maximum Gasteiger partial charge on any atom is 0.282 e. The van der Waals surface area contributed by atoms with E-state index in [1.807, 2.05) is 20.9 Å². The van der Waals surface area contributed by atoms with E-state index < -0.39 is 15.7 Å². The summed E-state index contributed by atoms with van der Waals surface area (Å²) in [6.45, 7) is 7.48. The van der Waals surface area contributed by atoms with Crippen molar-refractivity contribution in [1.29, 1.82) is 0 Å². The van der Waals surface area contributed by atoms with Gasteiger partial charge in [0.1, 0.15) is 0 Å². The van der Waals surface area contributed by atoms with Gasteiger partial charge < -0.3 is 10.1 Å². The van der Waals surface area contributed by atoms with Crippen LogP contribution in [0.25, 0.3) is 0 Å². The molecular formula is C13H27N3O3S. The molecule has 0 spiro atoms. The van der Waals surface area contributed by atoms with Gasteiger partial charge in [0.25, 0.3) is 10.2 Å². The molecule has 0 aromatic carbocycles. The van der Waals surface area contributed by atoms with Crippen molar-refractivity contribution in [2.75, 3.05) is 46.4 Å². The molecule has 2 aliphatic heterocycles. The van der Waals surface area contributed by atoms with Crippen LogP contribution in [0, 0.1) is 5.92 Å². The zero-order valence-electron chi connectivity index (χ0n) is 12.8. The monoisotopic (exact) mass is 305 g/mol. The summed E-state index contributed by atoms with van der Waals surface area (Å²) in [7, 11) is -1.42. The van der Waals surface area contributed by atoms with E-state index in [9.17, 15) is 8.42 Å². The molecule has 0 atom stereocenters. The lowest BCUT2D eigenvalue weighted by Crippen LogP contribution is -2.60. The Morgan fingerprint density at radius 3 is 2.45 bits per heavy atom. The molecule has 0 radical (unpaired) electrons. The molecule has 2 aliphatic rings.